The molecular formula is C27H21ClN2O4S. The van der Waals surface area contributed by atoms with E-state index in [-0.39, 0.29) is 12.5 Å². The molecule has 0 fully saturated rings. The van der Waals surface area contributed by atoms with Gasteiger partial charge in [-0.25, -0.2) is 10.2 Å². The van der Waals surface area contributed by atoms with Crippen LogP contribution in [0.3, 0.4) is 0 Å². The van der Waals surface area contributed by atoms with Crippen LogP contribution >= 0.6 is 22.9 Å². The number of hydrazone groups is 1. The zero-order valence-corrected chi connectivity index (χ0v) is 20.1. The topological polar surface area (TPSA) is 77.0 Å². The van der Waals surface area contributed by atoms with Crippen LogP contribution in [0.15, 0.2) is 90.6 Å². The quantitative estimate of drug-likeness (QED) is 0.0992. The minimum Gasteiger partial charge on any atom is -0.483 e. The molecule has 1 amide bonds. The van der Waals surface area contributed by atoms with Crippen LogP contribution in [-0.4, -0.2) is 24.7 Å². The molecule has 0 aliphatic rings. The van der Waals surface area contributed by atoms with Gasteiger partial charge >= 0.3 is 5.97 Å². The van der Waals surface area contributed by atoms with Crippen LogP contribution in [0.25, 0.3) is 10.1 Å². The molecule has 6 nitrogen and oxygen atoms in total. The number of thiophene rings is 1. The minimum atomic E-state index is -0.514. The van der Waals surface area contributed by atoms with Gasteiger partial charge < -0.3 is 9.47 Å². The van der Waals surface area contributed by atoms with E-state index in [1.54, 1.807) is 36.4 Å². The molecule has 0 saturated heterocycles. The van der Waals surface area contributed by atoms with Crippen LogP contribution in [0.2, 0.25) is 5.02 Å². The van der Waals surface area contributed by atoms with Crippen molar-refractivity contribution in [1.82, 2.24) is 5.43 Å². The molecule has 8 heteroatoms. The molecule has 0 saturated carbocycles. The number of para-hydroxylation sites is 1. The molecule has 4 aromatic rings. The normalized spacial score (nSPS) is 10.9. The van der Waals surface area contributed by atoms with Crippen LogP contribution in [0.4, 0.5) is 0 Å². The van der Waals surface area contributed by atoms with Gasteiger partial charge in [-0.1, -0.05) is 54.1 Å². The number of carbonyl (C=O) groups excluding carboxylic acids is 2. The Labute approximate surface area is 211 Å². The average Bonchev–Trinajstić information content (AvgIpc) is 3.21. The number of esters is 1. The molecule has 0 bridgehead atoms. The molecule has 0 unspecified atom stereocenters. The Morgan fingerprint density at radius 3 is 2.54 bits per heavy atom. The average molecular weight is 505 g/mol. The fraction of sp³-hybridized carbons (Fsp3) is 0.0741. The van der Waals surface area contributed by atoms with Crippen LogP contribution in [0, 0.1) is 0 Å². The van der Waals surface area contributed by atoms with Gasteiger partial charge in [0.1, 0.15) is 16.4 Å². The highest BCUT2D eigenvalue weighted by Gasteiger charge is 2.18. The van der Waals surface area contributed by atoms with Gasteiger partial charge in [-0.2, -0.15) is 5.10 Å². The van der Waals surface area contributed by atoms with Gasteiger partial charge in [-0.15, -0.1) is 17.9 Å². The van der Waals surface area contributed by atoms with Crippen LogP contribution in [-0.2, 0) is 11.2 Å². The summed E-state index contributed by atoms with van der Waals surface area (Å²) in [5.41, 5.74) is 4.09. The largest absolute Gasteiger partial charge is 0.483 e. The van der Waals surface area contributed by atoms with E-state index in [0.29, 0.717) is 33.4 Å². The van der Waals surface area contributed by atoms with Crippen molar-refractivity contribution in [2.45, 2.75) is 6.42 Å². The third kappa shape index (κ3) is 6.15. The number of ether oxygens (including phenoxy) is 2. The lowest BCUT2D eigenvalue weighted by atomic mass is 10.1. The number of fused-ring (bicyclic) bond motifs is 1. The summed E-state index contributed by atoms with van der Waals surface area (Å²) in [7, 11) is 0. The van der Waals surface area contributed by atoms with E-state index in [1.807, 2.05) is 42.5 Å². The number of nitrogens with zero attached hydrogens (tertiary/aromatic N) is 1. The van der Waals surface area contributed by atoms with Crippen molar-refractivity contribution in [1.29, 1.82) is 0 Å². The molecule has 3 aromatic carbocycles. The molecule has 35 heavy (non-hydrogen) atoms. The lowest BCUT2D eigenvalue weighted by molar-refractivity contribution is -0.123. The fourth-order valence-electron chi connectivity index (χ4n) is 3.24. The molecule has 4 rings (SSSR count). The number of rotatable bonds is 9. The van der Waals surface area contributed by atoms with E-state index in [9.17, 15) is 9.59 Å². The first-order valence-corrected chi connectivity index (χ1v) is 11.9. The standard InChI is InChI=1S/C27H21ClN2O4S/c1-2-7-19-8-3-5-10-22(19)33-17-24(31)30-29-16-18-12-14-20(15-13-18)34-27(32)26-25(28)21-9-4-6-11-23(21)35-26/h2-6,8-16H,1,7,17H2,(H,30,31). The van der Waals surface area contributed by atoms with Gasteiger partial charge in [0.05, 0.1) is 11.2 Å². The van der Waals surface area contributed by atoms with Gasteiger partial charge in [-0.3, -0.25) is 4.79 Å². The van der Waals surface area contributed by atoms with Gasteiger partial charge in [0, 0.05) is 10.1 Å². The van der Waals surface area contributed by atoms with Gasteiger partial charge in [0.25, 0.3) is 5.91 Å². The highest BCUT2D eigenvalue weighted by Crippen LogP contribution is 2.35. The Hall–Kier alpha value is -3.94. The van der Waals surface area contributed by atoms with E-state index in [0.717, 1.165) is 15.6 Å². The summed E-state index contributed by atoms with van der Waals surface area (Å²) < 4.78 is 12.0. The lowest BCUT2D eigenvalue weighted by Crippen LogP contribution is -2.24. The molecule has 1 N–H and O–H groups in total. The first-order valence-electron chi connectivity index (χ1n) is 10.7. The highest BCUT2D eigenvalue weighted by atomic mass is 35.5. The molecule has 1 aromatic heterocycles. The third-order valence-corrected chi connectivity index (χ3v) is 6.56. The van der Waals surface area contributed by atoms with Crippen molar-refractivity contribution in [3.8, 4) is 11.5 Å². The van der Waals surface area contributed by atoms with Crippen LogP contribution in [0.1, 0.15) is 20.8 Å². The monoisotopic (exact) mass is 504 g/mol. The van der Waals surface area contributed by atoms with E-state index in [1.165, 1.54) is 17.6 Å². The second-order valence-electron chi connectivity index (χ2n) is 7.38. The molecule has 0 spiro atoms. The fourth-order valence-corrected chi connectivity index (χ4v) is 4.63. The number of halogens is 1. The number of hydrogen-bond donors (Lipinski definition) is 1. The maximum absolute atomic E-state index is 12.6. The predicted molar refractivity (Wildman–Crippen MR) is 140 cm³/mol. The summed E-state index contributed by atoms with van der Waals surface area (Å²) in [6, 6.07) is 21.7. The van der Waals surface area contributed by atoms with Crippen molar-refractivity contribution in [2.24, 2.45) is 5.10 Å². The molecule has 0 aliphatic heterocycles. The summed E-state index contributed by atoms with van der Waals surface area (Å²) in [6.45, 7) is 3.56. The SMILES string of the molecule is C=CCc1ccccc1OCC(=O)NN=Cc1ccc(OC(=O)c2sc3ccccc3c2Cl)cc1. The molecule has 1 heterocycles. The Bertz CT molecular complexity index is 1400. The van der Waals surface area contributed by atoms with E-state index >= 15 is 0 Å². The van der Waals surface area contributed by atoms with Crippen molar-refractivity contribution in [2.75, 3.05) is 6.61 Å². The summed E-state index contributed by atoms with van der Waals surface area (Å²) in [6.07, 6.45) is 3.91. The van der Waals surface area contributed by atoms with Gasteiger partial charge in [-0.05, 0) is 53.9 Å². The third-order valence-electron chi connectivity index (χ3n) is 4.91. The van der Waals surface area contributed by atoms with Gasteiger partial charge in [0.15, 0.2) is 6.61 Å². The summed E-state index contributed by atoms with van der Waals surface area (Å²) in [5, 5.41) is 5.16. The Morgan fingerprint density at radius 1 is 1.03 bits per heavy atom. The highest BCUT2D eigenvalue weighted by molar-refractivity contribution is 7.21. The number of allylic oxidation sites excluding steroid dienone is 1. The predicted octanol–water partition coefficient (Wildman–Crippen LogP) is 6.03. The van der Waals surface area contributed by atoms with Crippen LogP contribution < -0.4 is 14.9 Å². The number of benzene rings is 3. The van der Waals surface area contributed by atoms with Crippen molar-refractivity contribution < 1.29 is 19.1 Å². The Kier molecular flexibility index (Phi) is 7.92. The second-order valence-corrected chi connectivity index (χ2v) is 8.81. The first kappa shape index (κ1) is 24.2. The summed E-state index contributed by atoms with van der Waals surface area (Å²) in [4.78, 5) is 25.0. The summed E-state index contributed by atoms with van der Waals surface area (Å²) >= 11 is 7.64. The maximum Gasteiger partial charge on any atom is 0.355 e. The smallest absolute Gasteiger partial charge is 0.355 e. The first-order chi connectivity index (χ1) is 17.0. The van der Waals surface area contributed by atoms with Gasteiger partial charge in [0.2, 0.25) is 0 Å². The van der Waals surface area contributed by atoms with Crippen molar-refractivity contribution in [3.05, 3.63) is 106 Å². The Balaban J connectivity index is 1.29. The molecular weight excluding hydrogens is 484 g/mol. The molecule has 0 radical (unpaired) electrons. The summed E-state index contributed by atoms with van der Waals surface area (Å²) in [5.74, 6) is 0.102. The van der Waals surface area contributed by atoms with E-state index < -0.39 is 5.97 Å². The number of carbonyl (C=O) groups is 2. The second kappa shape index (κ2) is 11.5. The maximum atomic E-state index is 12.6. The molecule has 0 atom stereocenters. The number of hydrogen-bond acceptors (Lipinski definition) is 6. The lowest BCUT2D eigenvalue weighted by Gasteiger charge is -2.09. The van der Waals surface area contributed by atoms with E-state index in [4.69, 9.17) is 21.1 Å². The van der Waals surface area contributed by atoms with Crippen LogP contribution in [0.5, 0.6) is 11.5 Å². The van der Waals surface area contributed by atoms with Crippen molar-refractivity contribution >= 4 is 51.1 Å². The molecule has 0 aliphatic carbocycles. The molecule has 176 valence electrons. The van der Waals surface area contributed by atoms with Crippen molar-refractivity contribution in [3.63, 3.8) is 0 Å². The number of nitrogens with one attached hydrogen (secondary N) is 1. The Morgan fingerprint density at radius 2 is 1.77 bits per heavy atom. The minimum absolute atomic E-state index is 0.166. The number of amides is 1. The zero-order chi connectivity index (χ0) is 24.6. The van der Waals surface area contributed by atoms with E-state index in [2.05, 4.69) is 17.1 Å². The zero-order valence-electron chi connectivity index (χ0n) is 18.6.